The van der Waals surface area contributed by atoms with E-state index in [2.05, 4.69) is 15.3 Å². The maximum absolute atomic E-state index is 12.3. The zero-order valence-electron chi connectivity index (χ0n) is 11.2. The normalized spacial score (nSPS) is 19.1. The Morgan fingerprint density at radius 2 is 2.11 bits per heavy atom. The zero-order valence-corrected chi connectivity index (χ0v) is 12.0. The number of nitrogens with two attached hydrogens (primary N) is 1. The summed E-state index contributed by atoms with van der Waals surface area (Å²) in [4.78, 5) is 14.8. The smallest absolute Gasteiger partial charge is 0.270 e. The molecule has 104 valence electrons. The van der Waals surface area contributed by atoms with Crippen molar-refractivity contribution < 1.29 is 4.79 Å². The van der Waals surface area contributed by atoms with Gasteiger partial charge in [-0.05, 0) is 26.0 Å². The minimum absolute atomic E-state index is 0.183. The molecule has 6 nitrogen and oxygen atoms in total. The Labute approximate surface area is 117 Å². The Kier molecular flexibility index (Phi) is 3.86. The first-order valence-electron chi connectivity index (χ1n) is 6.23. The van der Waals surface area contributed by atoms with Crippen molar-refractivity contribution in [1.82, 2.24) is 20.0 Å². The highest BCUT2D eigenvalue weighted by molar-refractivity contribution is 7.80. The lowest BCUT2D eigenvalue weighted by molar-refractivity contribution is 0.0880. The van der Waals surface area contributed by atoms with Crippen molar-refractivity contribution >= 4 is 23.1 Å². The molecule has 1 fully saturated rings. The van der Waals surface area contributed by atoms with Gasteiger partial charge in [0.05, 0.1) is 10.5 Å². The number of carbonyl (C=O) groups is 1. The first kappa shape index (κ1) is 14.0. The molecule has 0 aliphatic carbocycles. The van der Waals surface area contributed by atoms with E-state index in [0.717, 1.165) is 25.9 Å². The molecule has 2 rings (SSSR count). The number of nitrogens with zero attached hydrogens (tertiary/aromatic N) is 3. The molecule has 1 aliphatic heterocycles. The molecular formula is C12H19N5OS. The lowest BCUT2D eigenvalue weighted by atomic mass is 9.87. The standard InChI is InChI=1S/C12H19N5OS/c1-16-7-4-12(5-8-16,11(13)19)15-10(18)9-3-6-14-17(9)2/h3,6H,4-5,7-8H2,1-2H3,(H2,13,19)(H,15,18). The van der Waals surface area contributed by atoms with Crippen LogP contribution in [-0.2, 0) is 7.05 Å². The summed E-state index contributed by atoms with van der Waals surface area (Å²) in [6.07, 6.45) is 3.07. The minimum atomic E-state index is -0.580. The highest BCUT2D eigenvalue weighted by atomic mass is 32.1. The first-order valence-corrected chi connectivity index (χ1v) is 6.64. The number of likely N-dealkylation sites (tertiary alicyclic amines) is 1. The molecule has 7 heteroatoms. The highest BCUT2D eigenvalue weighted by Gasteiger charge is 2.38. The van der Waals surface area contributed by atoms with Crippen LogP contribution in [0, 0.1) is 0 Å². The van der Waals surface area contributed by atoms with Crippen LogP contribution in [0.5, 0.6) is 0 Å². The average molecular weight is 281 g/mol. The van der Waals surface area contributed by atoms with Crippen molar-refractivity contribution in [2.75, 3.05) is 20.1 Å². The molecule has 0 radical (unpaired) electrons. The number of thiocarbonyl (C=S) groups is 1. The van der Waals surface area contributed by atoms with Gasteiger partial charge in [-0.3, -0.25) is 9.48 Å². The predicted octanol–water partition coefficient (Wildman–Crippen LogP) is -0.0996. The molecule has 1 aromatic heterocycles. The highest BCUT2D eigenvalue weighted by Crippen LogP contribution is 2.22. The van der Waals surface area contributed by atoms with Crippen LogP contribution in [0.2, 0.25) is 0 Å². The van der Waals surface area contributed by atoms with Crippen molar-refractivity contribution in [2.45, 2.75) is 18.4 Å². The van der Waals surface area contributed by atoms with E-state index in [4.69, 9.17) is 18.0 Å². The van der Waals surface area contributed by atoms with Gasteiger partial charge in [-0.1, -0.05) is 12.2 Å². The lowest BCUT2D eigenvalue weighted by Gasteiger charge is -2.40. The Balaban J connectivity index is 2.16. The molecule has 0 aromatic carbocycles. The number of aromatic nitrogens is 2. The molecule has 1 saturated heterocycles. The Morgan fingerprint density at radius 3 is 2.58 bits per heavy atom. The molecule has 0 atom stereocenters. The number of piperidine rings is 1. The van der Waals surface area contributed by atoms with Crippen molar-refractivity contribution in [3.05, 3.63) is 18.0 Å². The molecule has 1 aliphatic rings. The van der Waals surface area contributed by atoms with Gasteiger partial charge in [-0.15, -0.1) is 0 Å². The van der Waals surface area contributed by atoms with E-state index in [1.807, 2.05) is 7.05 Å². The van der Waals surface area contributed by atoms with E-state index in [1.165, 1.54) is 4.68 Å². The van der Waals surface area contributed by atoms with Crippen LogP contribution < -0.4 is 11.1 Å². The van der Waals surface area contributed by atoms with Gasteiger partial charge in [-0.25, -0.2) is 0 Å². The summed E-state index contributed by atoms with van der Waals surface area (Å²) < 4.78 is 1.54. The largest absolute Gasteiger partial charge is 0.391 e. The third-order valence-electron chi connectivity index (χ3n) is 3.72. The third kappa shape index (κ3) is 2.76. The van der Waals surface area contributed by atoms with E-state index in [0.29, 0.717) is 10.7 Å². The molecule has 1 amide bonds. The molecule has 0 unspecified atom stereocenters. The van der Waals surface area contributed by atoms with Gasteiger partial charge in [0.1, 0.15) is 5.69 Å². The predicted molar refractivity (Wildman–Crippen MR) is 76.9 cm³/mol. The van der Waals surface area contributed by atoms with Crippen LogP contribution in [0.4, 0.5) is 0 Å². The van der Waals surface area contributed by atoms with Crippen LogP contribution in [-0.4, -0.2) is 51.3 Å². The second-order valence-corrected chi connectivity index (χ2v) is 5.48. The second kappa shape index (κ2) is 5.26. The van der Waals surface area contributed by atoms with Gasteiger partial charge in [-0.2, -0.15) is 5.10 Å². The van der Waals surface area contributed by atoms with Gasteiger partial charge in [0.15, 0.2) is 0 Å². The number of rotatable bonds is 3. The van der Waals surface area contributed by atoms with Crippen LogP contribution in [0.25, 0.3) is 0 Å². The van der Waals surface area contributed by atoms with Crippen molar-refractivity contribution in [3.63, 3.8) is 0 Å². The Morgan fingerprint density at radius 1 is 1.47 bits per heavy atom. The number of hydrogen-bond acceptors (Lipinski definition) is 4. The van der Waals surface area contributed by atoms with Crippen LogP contribution >= 0.6 is 12.2 Å². The van der Waals surface area contributed by atoms with Crippen molar-refractivity contribution in [2.24, 2.45) is 12.8 Å². The molecular weight excluding hydrogens is 262 g/mol. The molecule has 19 heavy (non-hydrogen) atoms. The topological polar surface area (TPSA) is 76.2 Å². The molecule has 0 saturated carbocycles. The summed E-state index contributed by atoms with van der Waals surface area (Å²) in [6, 6.07) is 1.68. The van der Waals surface area contributed by atoms with Crippen molar-refractivity contribution in [3.8, 4) is 0 Å². The molecule has 2 heterocycles. The van der Waals surface area contributed by atoms with Gasteiger partial charge >= 0.3 is 0 Å². The van der Waals surface area contributed by atoms with Gasteiger partial charge in [0, 0.05) is 26.3 Å². The molecule has 0 spiro atoms. The summed E-state index contributed by atoms with van der Waals surface area (Å²) in [5, 5.41) is 7.00. The van der Waals surface area contributed by atoms with Gasteiger partial charge in [0.2, 0.25) is 0 Å². The van der Waals surface area contributed by atoms with E-state index in [1.54, 1.807) is 19.3 Å². The average Bonchev–Trinajstić information content (AvgIpc) is 2.78. The van der Waals surface area contributed by atoms with E-state index in [9.17, 15) is 4.79 Å². The zero-order chi connectivity index (χ0) is 14.0. The number of nitrogens with one attached hydrogen (secondary N) is 1. The second-order valence-electron chi connectivity index (χ2n) is 5.04. The van der Waals surface area contributed by atoms with E-state index >= 15 is 0 Å². The number of hydrogen-bond donors (Lipinski definition) is 2. The summed E-state index contributed by atoms with van der Waals surface area (Å²) in [7, 11) is 3.78. The summed E-state index contributed by atoms with van der Waals surface area (Å²) in [5.41, 5.74) is 5.79. The Hall–Kier alpha value is -1.47. The summed E-state index contributed by atoms with van der Waals surface area (Å²) in [6.45, 7) is 1.73. The lowest BCUT2D eigenvalue weighted by Crippen LogP contribution is -2.61. The SMILES string of the molecule is CN1CCC(NC(=O)c2ccnn2C)(C(N)=S)CC1. The number of carbonyl (C=O) groups excluding carboxylic acids is 1. The number of amides is 1. The summed E-state index contributed by atoms with van der Waals surface area (Å²) in [5.74, 6) is -0.183. The monoisotopic (exact) mass is 281 g/mol. The fourth-order valence-corrected chi connectivity index (χ4v) is 2.57. The minimum Gasteiger partial charge on any atom is -0.391 e. The van der Waals surface area contributed by atoms with Gasteiger partial charge < -0.3 is 16.0 Å². The van der Waals surface area contributed by atoms with Gasteiger partial charge in [0.25, 0.3) is 5.91 Å². The van der Waals surface area contributed by atoms with Crippen LogP contribution in [0.1, 0.15) is 23.3 Å². The maximum Gasteiger partial charge on any atom is 0.270 e. The summed E-state index contributed by atoms with van der Waals surface area (Å²) >= 11 is 5.17. The fraction of sp³-hybridized carbons (Fsp3) is 0.583. The molecule has 0 bridgehead atoms. The fourth-order valence-electron chi connectivity index (χ4n) is 2.31. The molecule has 1 aromatic rings. The molecule has 3 N–H and O–H groups in total. The van der Waals surface area contributed by atoms with Crippen LogP contribution in [0.15, 0.2) is 12.3 Å². The third-order valence-corrected chi connectivity index (χ3v) is 4.11. The quantitative estimate of drug-likeness (QED) is 0.757. The van der Waals surface area contributed by atoms with E-state index in [-0.39, 0.29) is 5.91 Å². The van der Waals surface area contributed by atoms with Crippen LogP contribution in [0.3, 0.4) is 0 Å². The van der Waals surface area contributed by atoms with Crippen molar-refractivity contribution in [1.29, 1.82) is 0 Å². The van der Waals surface area contributed by atoms with E-state index < -0.39 is 5.54 Å². The maximum atomic E-state index is 12.3. The number of aryl methyl sites for hydroxylation is 1. The Bertz CT molecular complexity index is 490. The first-order chi connectivity index (χ1) is 8.94.